The first-order valence-electron chi connectivity index (χ1n) is 3.68. The molecule has 0 saturated heterocycles. The zero-order valence-corrected chi connectivity index (χ0v) is 7.98. The quantitative estimate of drug-likeness (QED) is 0.668. The number of Topliss-reactive ketones (excluding diaryl/α,β-unsaturated/α-hetero) is 1. The van der Waals surface area contributed by atoms with Crippen molar-refractivity contribution in [3.05, 3.63) is 16.1 Å². The summed E-state index contributed by atoms with van der Waals surface area (Å²) in [4.78, 5) is 15.7. The van der Waals surface area contributed by atoms with Crippen LogP contribution >= 0.6 is 11.3 Å². The molecule has 0 fully saturated rings. The lowest BCUT2D eigenvalue weighted by molar-refractivity contribution is 0.102. The van der Waals surface area contributed by atoms with E-state index in [4.69, 9.17) is 4.74 Å². The van der Waals surface area contributed by atoms with Crippen LogP contribution in [0.2, 0.25) is 0 Å². The van der Waals surface area contributed by atoms with Gasteiger partial charge in [-0.2, -0.15) is 0 Å². The highest BCUT2D eigenvalue weighted by Crippen LogP contribution is 2.13. The molecule has 0 bridgehead atoms. The standard InChI is InChI=1S/C8H11NO2S/c1-6(10)7-5-9-8(12-7)3-4-11-2/h5H,3-4H2,1-2H3. The normalized spacial score (nSPS) is 10.2. The van der Waals surface area contributed by atoms with Gasteiger partial charge < -0.3 is 4.74 Å². The van der Waals surface area contributed by atoms with Crippen LogP contribution in [0.3, 0.4) is 0 Å². The minimum absolute atomic E-state index is 0.0798. The molecule has 0 spiro atoms. The second-order valence-corrected chi connectivity index (χ2v) is 3.53. The Labute approximate surface area is 75.4 Å². The topological polar surface area (TPSA) is 39.2 Å². The Bertz CT molecular complexity index is 270. The number of ether oxygens (including phenoxy) is 1. The van der Waals surface area contributed by atoms with E-state index in [1.807, 2.05) is 0 Å². The molecule has 1 aromatic rings. The van der Waals surface area contributed by atoms with Gasteiger partial charge in [0, 0.05) is 26.7 Å². The molecule has 1 aromatic heterocycles. The van der Waals surface area contributed by atoms with Gasteiger partial charge in [-0.05, 0) is 0 Å². The fourth-order valence-electron chi connectivity index (χ4n) is 0.778. The fourth-order valence-corrected chi connectivity index (χ4v) is 1.57. The number of rotatable bonds is 4. The maximum Gasteiger partial charge on any atom is 0.171 e. The first kappa shape index (κ1) is 9.35. The maximum atomic E-state index is 10.9. The van der Waals surface area contributed by atoms with Gasteiger partial charge in [0.15, 0.2) is 5.78 Å². The second-order valence-electron chi connectivity index (χ2n) is 2.42. The molecule has 0 aliphatic heterocycles. The number of carbonyl (C=O) groups excluding carboxylic acids is 1. The summed E-state index contributed by atoms with van der Waals surface area (Å²) in [5, 5.41) is 0.960. The molecule has 0 atom stereocenters. The van der Waals surface area contributed by atoms with Crippen LogP contribution in [0.1, 0.15) is 21.6 Å². The summed E-state index contributed by atoms with van der Waals surface area (Å²) in [7, 11) is 1.65. The van der Waals surface area contributed by atoms with Crippen LogP contribution in [-0.4, -0.2) is 24.5 Å². The predicted molar refractivity (Wildman–Crippen MR) is 47.7 cm³/mol. The molecule has 0 N–H and O–H groups in total. The molecule has 12 heavy (non-hydrogen) atoms. The van der Waals surface area contributed by atoms with Crippen LogP contribution < -0.4 is 0 Å². The van der Waals surface area contributed by atoms with Gasteiger partial charge in [0.25, 0.3) is 0 Å². The molecular weight excluding hydrogens is 174 g/mol. The van der Waals surface area contributed by atoms with Crippen molar-refractivity contribution < 1.29 is 9.53 Å². The molecule has 3 nitrogen and oxygen atoms in total. The van der Waals surface area contributed by atoms with Gasteiger partial charge in [-0.15, -0.1) is 11.3 Å². The molecule has 0 saturated carbocycles. The number of carbonyl (C=O) groups is 1. The SMILES string of the molecule is COCCc1ncc(C(C)=O)s1. The lowest BCUT2D eigenvalue weighted by Gasteiger charge is -1.92. The van der Waals surface area contributed by atoms with Crippen molar-refractivity contribution in [2.75, 3.05) is 13.7 Å². The van der Waals surface area contributed by atoms with Gasteiger partial charge in [-0.25, -0.2) is 4.98 Å². The van der Waals surface area contributed by atoms with Crippen molar-refractivity contribution in [3.8, 4) is 0 Å². The number of methoxy groups -OCH3 is 1. The summed E-state index contributed by atoms with van der Waals surface area (Å²) in [6.07, 6.45) is 2.41. The highest BCUT2D eigenvalue weighted by molar-refractivity contribution is 7.13. The molecular formula is C8H11NO2S. The highest BCUT2D eigenvalue weighted by Gasteiger charge is 2.04. The molecule has 4 heteroatoms. The average molecular weight is 185 g/mol. The van der Waals surface area contributed by atoms with Crippen LogP contribution in [0.5, 0.6) is 0 Å². The molecule has 1 rings (SSSR count). The van der Waals surface area contributed by atoms with Crippen molar-refractivity contribution in [3.63, 3.8) is 0 Å². The van der Waals surface area contributed by atoms with E-state index >= 15 is 0 Å². The van der Waals surface area contributed by atoms with E-state index in [1.54, 1.807) is 20.2 Å². The highest BCUT2D eigenvalue weighted by atomic mass is 32.1. The number of hydrogen-bond acceptors (Lipinski definition) is 4. The summed E-state index contributed by atoms with van der Waals surface area (Å²) in [5.41, 5.74) is 0. The zero-order valence-electron chi connectivity index (χ0n) is 7.16. The molecule has 0 aliphatic rings. The summed E-state index contributed by atoms with van der Waals surface area (Å²) >= 11 is 1.44. The maximum absolute atomic E-state index is 10.9. The lowest BCUT2D eigenvalue weighted by Crippen LogP contribution is -1.92. The fraction of sp³-hybridized carbons (Fsp3) is 0.500. The Morgan fingerprint density at radius 1 is 1.75 bits per heavy atom. The predicted octanol–water partition coefficient (Wildman–Crippen LogP) is 1.53. The first-order chi connectivity index (χ1) is 5.74. The zero-order chi connectivity index (χ0) is 8.97. The molecule has 0 amide bonds. The van der Waals surface area contributed by atoms with Crippen molar-refractivity contribution in [1.29, 1.82) is 0 Å². The number of nitrogens with zero attached hydrogens (tertiary/aromatic N) is 1. The summed E-state index contributed by atoms with van der Waals surface area (Å²) in [6.45, 7) is 2.21. The minimum atomic E-state index is 0.0798. The van der Waals surface area contributed by atoms with Crippen LogP contribution in [0.25, 0.3) is 0 Å². The molecule has 0 unspecified atom stereocenters. The third-order valence-corrected chi connectivity index (χ3v) is 2.58. The Kier molecular flexibility index (Phi) is 3.37. The number of ketones is 1. The lowest BCUT2D eigenvalue weighted by atomic mass is 10.4. The molecule has 0 radical (unpaired) electrons. The smallest absolute Gasteiger partial charge is 0.171 e. The van der Waals surface area contributed by atoms with E-state index in [2.05, 4.69) is 4.98 Å². The van der Waals surface area contributed by atoms with Crippen molar-refractivity contribution in [2.45, 2.75) is 13.3 Å². The van der Waals surface area contributed by atoms with E-state index in [9.17, 15) is 4.79 Å². The number of aromatic nitrogens is 1. The van der Waals surface area contributed by atoms with E-state index in [1.165, 1.54) is 11.3 Å². The summed E-state index contributed by atoms with van der Waals surface area (Å²) < 4.78 is 4.90. The molecule has 0 aromatic carbocycles. The van der Waals surface area contributed by atoms with Gasteiger partial charge in [0.1, 0.15) is 0 Å². The Hall–Kier alpha value is -0.740. The molecule has 66 valence electrons. The minimum Gasteiger partial charge on any atom is -0.384 e. The summed E-state index contributed by atoms with van der Waals surface area (Å²) in [5.74, 6) is 0.0798. The Balaban J connectivity index is 2.58. The van der Waals surface area contributed by atoms with Gasteiger partial charge in [0.2, 0.25) is 0 Å². The van der Waals surface area contributed by atoms with E-state index < -0.39 is 0 Å². The molecule has 1 heterocycles. The van der Waals surface area contributed by atoms with Gasteiger partial charge in [-0.1, -0.05) is 0 Å². The summed E-state index contributed by atoms with van der Waals surface area (Å²) in [6, 6.07) is 0. The van der Waals surface area contributed by atoms with Crippen molar-refractivity contribution in [2.24, 2.45) is 0 Å². The largest absolute Gasteiger partial charge is 0.384 e. The van der Waals surface area contributed by atoms with Crippen molar-refractivity contribution >= 4 is 17.1 Å². The monoisotopic (exact) mass is 185 g/mol. The number of hydrogen-bond donors (Lipinski definition) is 0. The Morgan fingerprint density at radius 2 is 2.50 bits per heavy atom. The van der Waals surface area contributed by atoms with Gasteiger partial charge in [0.05, 0.1) is 16.5 Å². The van der Waals surface area contributed by atoms with Crippen LogP contribution in [0.4, 0.5) is 0 Å². The number of thiazole rings is 1. The second kappa shape index (κ2) is 4.33. The van der Waals surface area contributed by atoms with Crippen LogP contribution in [-0.2, 0) is 11.2 Å². The van der Waals surface area contributed by atoms with Crippen LogP contribution in [0.15, 0.2) is 6.20 Å². The average Bonchev–Trinajstić information content (AvgIpc) is 2.48. The van der Waals surface area contributed by atoms with Crippen LogP contribution in [0, 0.1) is 0 Å². The third kappa shape index (κ3) is 2.39. The van der Waals surface area contributed by atoms with Gasteiger partial charge >= 0.3 is 0 Å². The van der Waals surface area contributed by atoms with E-state index in [0.717, 1.165) is 16.3 Å². The third-order valence-electron chi connectivity index (χ3n) is 1.42. The van der Waals surface area contributed by atoms with E-state index in [-0.39, 0.29) is 5.78 Å². The van der Waals surface area contributed by atoms with E-state index in [0.29, 0.717) is 6.61 Å². The first-order valence-corrected chi connectivity index (χ1v) is 4.50. The van der Waals surface area contributed by atoms with Crippen molar-refractivity contribution in [1.82, 2.24) is 4.98 Å². The van der Waals surface area contributed by atoms with Gasteiger partial charge in [-0.3, -0.25) is 4.79 Å². The molecule has 0 aliphatic carbocycles. The Morgan fingerprint density at radius 3 is 3.00 bits per heavy atom.